The van der Waals surface area contributed by atoms with Gasteiger partial charge in [-0.3, -0.25) is 9.98 Å². The Morgan fingerprint density at radius 2 is 1.83 bits per heavy atom. The van der Waals surface area contributed by atoms with Crippen LogP contribution in [-0.2, 0) is 6.42 Å². The van der Waals surface area contributed by atoms with Gasteiger partial charge in [-0.2, -0.15) is 0 Å². The van der Waals surface area contributed by atoms with Gasteiger partial charge in [-0.15, -0.1) is 0 Å². The van der Waals surface area contributed by atoms with E-state index in [4.69, 9.17) is 28.2 Å². The van der Waals surface area contributed by atoms with Gasteiger partial charge in [0.05, 0.1) is 21.8 Å². The summed E-state index contributed by atoms with van der Waals surface area (Å²) in [6.45, 7) is 4.27. The molecule has 0 atom stereocenters. The number of rotatable bonds is 1. The zero-order valence-electron chi connectivity index (χ0n) is 13.5. The topological polar surface area (TPSA) is 25.2 Å². The average molecular weight is 355 g/mol. The fourth-order valence-electron chi connectivity index (χ4n) is 3.28. The molecule has 0 radical (unpaired) electrons. The maximum atomic E-state index is 6.45. The fourth-order valence-corrected chi connectivity index (χ4v) is 3.73. The molecule has 0 bridgehead atoms. The molecule has 4 rings (SSSR count). The van der Waals surface area contributed by atoms with E-state index in [0.29, 0.717) is 5.02 Å². The molecule has 2 nitrogen and oxygen atoms in total. The minimum Gasteiger partial charge on any atom is -0.278 e. The van der Waals surface area contributed by atoms with Crippen LogP contribution in [0.2, 0.25) is 10.0 Å². The van der Waals surface area contributed by atoms with Gasteiger partial charge in [0, 0.05) is 27.7 Å². The van der Waals surface area contributed by atoms with E-state index in [9.17, 15) is 0 Å². The van der Waals surface area contributed by atoms with Gasteiger partial charge >= 0.3 is 0 Å². The smallest absolute Gasteiger partial charge is 0.0729 e. The molecule has 0 fully saturated rings. The minimum absolute atomic E-state index is 0.190. The van der Waals surface area contributed by atoms with Gasteiger partial charge in [-0.05, 0) is 44.0 Å². The molecule has 24 heavy (non-hydrogen) atoms. The summed E-state index contributed by atoms with van der Waals surface area (Å²) in [6, 6.07) is 13.9. The summed E-state index contributed by atoms with van der Waals surface area (Å²) in [4.78, 5) is 9.44. The lowest BCUT2D eigenvalue weighted by atomic mass is 9.85. The molecule has 0 N–H and O–H groups in total. The van der Waals surface area contributed by atoms with Gasteiger partial charge in [-0.25, -0.2) is 0 Å². The number of aliphatic imine (C=N–C) groups is 1. The molecule has 0 saturated heterocycles. The predicted molar refractivity (Wildman–Crippen MR) is 102 cm³/mol. The molecular formula is C20H16Cl2N2. The van der Waals surface area contributed by atoms with Crippen LogP contribution in [0.4, 0.5) is 0 Å². The first-order valence-corrected chi connectivity index (χ1v) is 8.62. The Morgan fingerprint density at radius 1 is 1.00 bits per heavy atom. The van der Waals surface area contributed by atoms with Crippen LogP contribution in [0.1, 0.15) is 30.5 Å². The number of halogens is 2. The number of nitrogens with zero attached hydrogens (tertiary/aromatic N) is 2. The summed E-state index contributed by atoms with van der Waals surface area (Å²) in [5.41, 5.74) is 4.94. The Hall–Kier alpha value is -1.90. The Kier molecular flexibility index (Phi) is 3.63. The Morgan fingerprint density at radius 3 is 2.67 bits per heavy atom. The van der Waals surface area contributed by atoms with Crippen LogP contribution in [0.3, 0.4) is 0 Å². The molecule has 0 unspecified atom stereocenters. The molecule has 0 aliphatic carbocycles. The summed E-state index contributed by atoms with van der Waals surface area (Å²) >= 11 is 12.7. The number of benzene rings is 2. The number of hydrogen-bond donors (Lipinski definition) is 0. The van der Waals surface area contributed by atoms with E-state index in [1.54, 1.807) is 12.3 Å². The highest BCUT2D eigenvalue weighted by atomic mass is 35.5. The van der Waals surface area contributed by atoms with Crippen molar-refractivity contribution in [3.63, 3.8) is 0 Å². The van der Waals surface area contributed by atoms with Gasteiger partial charge in [0.2, 0.25) is 0 Å². The average Bonchev–Trinajstić information content (AvgIpc) is 2.54. The van der Waals surface area contributed by atoms with E-state index >= 15 is 0 Å². The third-order valence-corrected chi connectivity index (χ3v) is 5.04. The normalized spacial score (nSPS) is 15.9. The predicted octanol–water partition coefficient (Wildman–Crippen LogP) is 5.71. The molecule has 1 aromatic heterocycles. The Bertz CT molecular complexity index is 990. The van der Waals surface area contributed by atoms with E-state index in [-0.39, 0.29) is 5.54 Å². The van der Waals surface area contributed by atoms with E-state index in [1.165, 1.54) is 0 Å². The Labute approximate surface area is 151 Å². The molecule has 3 aromatic rings. The van der Waals surface area contributed by atoms with Crippen molar-refractivity contribution in [1.29, 1.82) is 0 Å². The molecule has 4 heteroatoms. The number of pyridine rings is 1. The van der Waals surface area contributed by atoms with E-state index in [2.05, 4.69) is 31.0 Å². The van der Waals surface area contributed by atoms with Crippen molar-refractivity contribution in [3.8, 4) is 0 Å². The van der Waals surface area contributed by atoms with Crippen LogP contribution in [0, 0.1) is 0 Å². The van der Waals surface area contributed by atoms with Gasteiger partial charge in [0.1, 0.15) is 0 Å². The lowest BCUT2D eigenvalue weighted by molar-refractivity contribution is 0.513. The van der Waals surface area contributed by atoms with Crippen molar-refractivity contribution in [2.45, 2.75) is 25.8 Å². The zero-order chi connectivity index (χ0) is 16.9. The summed E-state index contributed by atoms with van der Waals surface area (Å²) in [5.74, 6) is 0. The van der Waals surface area contributed by atoms with Crippen molar-refractivity contribution < 1.29 is 0 Å². The van der Waals surface area contributed by atoms with Crippen molar-refractivity contribution >= 4 is 39.8 Å². The minimum atomic E-state index is -0.190. The van der Waals surface area contributed by atoms with Crippen LogP contribution in [0.25, 0.3) is 10.9 Å². The van der Waals surface area contributed by atoms with Crippen molar-refractivity contribution in [3.05, 3.63) is 75.4 Å². The van der Waals surface area contributed by atoms with Crippen molar-refractivity contribution in [2.24, 2.45) is 4.99 Å². The second-order valence-corrected chi connectivity index (χ2v) is 7.55. The summed E-state index contributed by atoms with van der Waals surface area (Å²) in [7, 11) is 0. The van der Waals surface area contributed by atoms with Crippen molar-refractivity contribution in [2.75, 3.05) is 0 Å². The highest BCUT2D eigenvalue weighted by Gasteiger charge is 2.28. The molecule has 120 valence electrons. The number of aromatic nitrogens is 1. The van der Waals surface area contributed by atoms with Crippen LogP contribution in [0.5, 0.6) is 0 Å². The molecule has 0 amide bonds. The number of fused-ring (bicyclic) bond motifs is 2. The fraction of sp³-hybridized carbons (Fsp3) is 0.200. The summed E-state index contributed by atoms with van der Waals surface area (Å²) in [5, 5.41) is 2.46. The largest absolute Gasteiger partial charge is 0.278 e. The van der Waals surface area contributed by atoms with E-state index in [1.807, 2.05) is 24.3 Å². The first-order valence-electron chi connectivity index (χ1n) is 7.87. The lowest BCUT2D eigenvalue weighted by Gasteiger charge is -2.30. The monoisotopic (exact) mass is 354 g/mol. The molecule has 1 aliphatic heterocycles. The summed E-state index contributed by atoms with van der Waals surface area (Å²) in [6.07, 6.45) is 2.56. The molecular weight excluding hydrogens is 339 g/mol. The lowest BCUT2D eigenvalue weighted by Crippen LogP contribution is -2.29. The third-order valence-electron chi connectivity index (χ3n) is 4.36. The molecule has 2 aromatic carbocycles. The highest BCUT2D eigenvalue weighted by molar-refractivity contribution is 6.35. The van der Waals surface area contributed by atoms with Crippen molar-refractivity contribution in [1.82, 2.24) is 4.98 Å². The highest BCUT2D eigenvalue weighted by Crippen LogP contribution is 2.34. The second kappa shape index (κ2) is 5.58. The summed E-state index contributed by atoms with van der Waals surface area (Å²) < 4.78 is 0. The standard InChI is InChI=1S/C20H16Cl2N2/c1-20(2)11-15-13(4-3-5-16(15)21)19(24-20)12-6-7-14-17(22)8-9-23-18(14)10-12/h3-10H,11H2,1-2H3. The van der Waals surface area contributed by atoms with E-state index in [0.717, 1.165) is 44.7 Å². The maximum Gasteiger partial charge on any atom is 0.0729 e. The molecule has 1 aliphatic rings. The van der Waals surface area contributed by atoms with Crippen LogP contribution in [0.15, 0.2) is 53.7 Å². The second-order valence-electron chi connectivity index (χ2n) is 6.74. The maximum absolute atomic E-state index is 6.45. The van der Waals surface area contributed by atoms with Gasteiger partial charge in [0.25, 0.3) is 0 Å². The van der Waals surface area contributed by atoms with E-state index < -0.39 is 0 Å². The third kappa shape index (κ3) is 2.60. The SMILES string of the molecule is CC1(C)Cc2c(Cl)cccc2C(c2ccc3c(Cl)ccnc3c2)=N1. The van der Waals surface area contributed by atoms with Crippen LogP contribution in [-0.4, -0.2) is 16.2 Å². The molecule has 0 spiro atoms. The Balaban J connectivity index is 1.95. The zero-order valence-corrected chi connectivity index (χ0v) is 15.0. The first-order chi connectivity index (χ1) is 11.4. The quantitative estimate of drug-likeness (QED) is 0.549. The first kappa shape index (κ1) is 15.6. The molecule has 0 saturated carbocycles. The van der Waals surface area contributed by atoms with Crippen LogP contribution >= 0.6 is 23.2 Å². The molecule has 2 heterocycles. The van der Waals surface area contributed by atoms with Gasteiger partial charge in [0.15, 0.2) is 0 Å². The van der Waals surface area contributed by atoms with Crippen LogP contribution < -0.4 is 0 Å². The number of hydrogen-bond acceptors (Lipinski definition) is 2. The van der Waals surface area contributed by atoms with Gasteiger partial charge in [-0.1, -0.05) is 47.5 Å². The van der Waals surface area contributed by atoms with Gasteiger partial charge < -0.3 is 0 Å².